The molecule has 0 radical (unpaired) electrons. The number of aromatic hydroxyl groups is 1. The summed E-state index contributed by atoms with van der Waals surface area (Å²) >= 11 is 0. The Bertz CT molecular complexity index is 416. The molecule has 1 aliphatic rings. The first-order valence-electron chi connectivity index (χ1n) is 8.20. The van der Waals surface area contributed by atoms with Crippen LogP contribution in [0.4, 0.5) is 0 Å². The number of hydrogen-bond acceptors (Lipinski definition) is 3. The van der Waals surface area contributed by atoms with Crippen LogP contribution in [-0.2, 0) is 11.2 Å². The lowest BCUT2D eigenvalue weighted by Crippen LogP contribution is -2.44. The van der Waals surface area contributed by atoms with Gasteiger partial charge in [-0.3, -0.25) is 0 Å². The molecular weight excluding hydrogens is 262 g/mol. The van der Waals surface area contributed by atoms with E-state index in [1.54, 1.807) is 12.1 Å². The summed E-state index contributed by atoms with van der Waals surface area (Å²) in [6.45, 7) is 7.62. The molecule has 1 heterocycles. The minimum Gasteiger partial charge on any atom is -0.508 e. The molecule has 0 spiro atoms. The molecule has 3 heteroatoms. The quantitative estimate of drug-likeness (QED) is 0.843. The van der Waals surface area contributed by atoms with E-state index in [0.717, 1.165) is 32.3 Å². The van der Waals surface area contributed by atoms with Gasteiger partial charge < -0.3 is 15.2 Å². The summed E-state index contributed by atoms with van der Waals surface area (Å²) in [6, 6.07) is 8.63. The molecule has 0 aliphatic carbocycles. The van der Waals surface area contributed by atoms with E-state index < -0.39 is 0 Å². The Morgan fingerprint density at radius 2 is 1.95 bits per heavy atom. The van der Waals surface area contributed by atoms with Crippen molar-refractivity contribution in [3.63, 3.8) is 0 Å². The normalized spacial score (nSPS) is 24.2. The second-order valence-corrected chi connectivity index (χ2v) is 6.65. The van der Waals surface area contributed by atoms with Gasteiger partial charge >= 0.3 is 0 Å². The van der Waals surface area contributed by atoms with Crippen LogP contribution in [0.15, 0.2) is 24.3 Å². The minimum absolute atomic E-state index is 0.340. The van der Waals surface area contributed by atoms with Crippen LogP contribution in [0.2, 0.25) is 0 Å². The Hall–Kier alpha value is -1.06. The van der Waals surface area contributed by atoms with Crippen molar-refractivity contribution in [2.24, 2.45) is 5.92 Å². The van der Waals surface area contributed by atoms with E-state index in [1.807, 2.05) is 12.1 Å². The Morgan fingerprint density at radius 3 is 2.62 bits per heavy atom. The van der Waals surface area contributed by atoms with Crippen LogP contribution >= 0.6 is 0 Å². The van der Waals surface area contributed by atoms with Gasteiger partial charge in [-0.15, -0.1) is 0 Å². The van der Waals surface area contributed by atoms with Gasteiger partial charge in [0.05, 0.1) is 6.10 Å². The molecular formula is C18H29NO2. The van der Waals surface area contributed by atoms with Crippen LogP contribution in [0.5, 0.6) is 5.75 Å². The molecule has 1 aliphatic heterocycles. The predicted molar refractivity (Wildman–Crippen MR) is 86.6 cm³/mol. The summed E-state index contributed by atoms with van der Waals surface area (Å²) in [7, 11) is 0. The monoisotopic (exact) mass is 291 g/mol. The van der Waals surface area contributed by atoms with Crippen LogP contribution in [0.3, 0.4) is 0 Å². The van der Waals surface area contributed by atoms with Crippen LogP contribution < -0.4 is 5.32 Å². The van der Waals surface area contributed by atoms with E-state index in [2.05, 4.69) is 26.1 Å². The second kappa shape index (κ2) is 7.81. The summed E-state index contributed by atoms with van der Waals surface area (Å²) in [5, 5.41) is 13.1. The maximum Gasteiger partial charge on any atom is 0.115 e. The Kier molecular flexibility index (Phi) is 6.07. The highest BCUT2D eigenvalue weighted by Crippen LogP contribution is 2.21. The van der Waals surface area contributed by atoms with Gasteiger partial charge in [0.25, 0.3) is 0 Å². The van der Waals surface area contributed by atoms with Crippen molar-refractivity contribution in [2.45, 2.75) is 64.6 Å². The predicted octanol–water partition coefficient (Wildman–Crippen LogP) is 3.51. The molecule has 21 heavy (non-hydrogen) atoms. The van der Waals surface area contributed by atoms with Crippen LogP contribution in [0, 0.1) is 5.92 Å². The van der Waals surface area contributed by atoms with Gasteiger partial charge in [0.15, 0.2) is 0 Å². The topological polar surface area (TPSA) is 41.5 Å². The number of hydrogen-bond donors (Lipinski definition) is 2. The Labute approximate surface area is 128 Å². The van der Waals surface area contributed by atoms with Gasteiger partial charge in [-0.05, 0) is 56.2 Å². The van der Waals surface area contributed by atoms with Gasteiger partial charge in [-0.1, -0.05) is 26.0 Å². The SMILES string of the molecule is CC(CCc1ccc(O)cc1)NC1CCOC(C(C)C)C1. The zero-order valence-corrected chi connectivity index (χ0v) is 13.5. The molecule has 0 saturated carbocycles. The average Bonchev–Trinajstić information content (AvgIpc) is 2.47. The largest absolute Gasteiger partial charge is 0.508 e. The Balaban J connectivity index is 1.73. The van der Waals surface area contributed by atoms with E-state index in [9.17, 15) is 5.11 Å². The van der Waals surface area contributed by atoms with E-state index in [-0.39, 0.29) is 0 Å². The van der Waals surface area contributed by atoms with Crippen molar-refractivity contribution in [2.75, 3.05) is 6.61 Å². The fraction of sp³-hybridized carbons (Fsp3) is 0.667. The van der Waals surface area contributed by atoms with Crippen molar-refractivity contribution in [1.82, 2.24) is 5.32 Å². The van der Waals surface area contributed by atoms with E-state index in [4.69, 9.17) is 4.74 Å². The summed E-state index contributed by atoms with van der Waals surface area (Å²) in [4.78, 5) is 0. The fourth-order valence-electron chi connectivity index (χ4n) is 2.98. The first-order valence-corrected chi connectivity index (χ1v) is 8.20. The minimum atomic E-state index is 0.340. The van der Waals surface area contributed by atoms with Gasteiger partial charge in [-0.2, -0.15) is 0 Å². The van der Waals surface area contributed by atoms with E-state index in [0.29, 0.717) is 29.9 Å². The third-order valence-electron chi connectivity index (χ3n) is 4.38. The van der Waals surface area contributed by atoms with Crippen molar-refractivity contribution in [3.8, 4) is 5.75 Å². The van der Waals surface area contributed by atoms with Crippen molar-refractivity contribution >= 4 is 0 Å². The number of aryl methyl sites for hydroxylation is 1. The number of phenolic OH excluding ortho intramolecular Hbond substituents is 1. The first-order chi connectivity index (χ1) is 10.0. The molecule has 0 amide bonds. The second-order valence-electron chi connectivity index (χ2n) is 6.65. The molecule has 1 aromatic rings. The summed E-state index contributed by atoms with van der Waals surface area (Å²) < 4.78 is 5.83. The fourth-order valence-corrected chi connectivity index (χ4v) is 2.98. The van der Waals surface area contributed by atoms with Gasteiger partial charge in [0.1, 0.15) is 5.75 Å². The third kappa shape index (κ3) is 5.33. The highest BCUT2D eigenvalue weighted by molar-refractivity contribution is 5.25. The lowest BCUT2D eigenvalue weighted by atomic mass is 9.94. The lowest BCUT2D eigenvalue weighted by Gasteiger charge is -2.34. The molecule has 1 fully saturated rings. The molecule has 118 valence electrons. The molecule has 3 unspecified atom stereocenters. The molecule has 1 aromatic carbocycles. The standard InChI is InChI=1S/C18H29NO2/c1-13(2)18-12-16(10-11-21-18)19-14(3)4-5-15-6-8-17(20)9-7-15/h6-9,13-14,16,18-20H,4-5,10-12H2,1-3H3. The number of phenols is 1. The van der Waals surface area contributed by atoms with E-state index >= 15 is 0 Å². The van der Waals surface area contributed by atoms with Gasteiger partial charge in [0.2, 0.25) is 0 Å². The Morgan fingerprint density at radius 1 is 1.24 bits per heavy atom. The van der Waals surface area contributed by atoms with Crippen molar-refractivity contribution < 1.29 is 9.84 Å². The molecule has 2 rings (SSSR count). The van der Waals surface area contributed by atoms with Gasteiger partial charge in [0, 0.05) is 18.7 Å². The molecule has 1 saturated heterocycles. The first kappa shape index (κ1) is 16.3. The number of benzene rings is 1. The maximum atomic E-state index is 9.30. The van der Waals surface area contributed by atoms with Crippen molar-refractivity contribution in [1.29, 1.82) is 0 Å². The lowest BCUT2D eigenvalue weighted by molar-refractivity contribution is -0.0257. The number of ether oxygens (including phenoxy) is 1. The summed E-state index contributed by atoms with van der Waals surface area (Å²) in [5.41, 5.74) is 1.29. The highest BCUT2D eigenvalue weighted by Gasteiger charge is 2.25. The van der Waals surface area contributed by atoms with E-state index in [1.165, 1.54) is 5.56 Å². The summed E-state index contributed by atoms with van der Waals surface area (Å²) in [6.07, 6.45) is 4.81. The third-order valence-corrected chi connectivity index (χ3v) is 4.38. The highest BCUT2D eigenvalue weighted by atomic mass is 16.5. The molecule has 0 aromatic heterocycles. The molecule has 3 atom stereocenters. The smallest absolute Gasteiger partial charge is 0.115 e. The molecule has 0 bridgehead atoms. The number of nitrogens with one attached hydrogen (secondary N) is 1. The number of rotatable bonds is 6. The average molecular weight is 291 g/mol. The molecule has 3 nitrogen and oxygen atoms in total. The summed E-state index contributed by atoms with van der Waals surface area (Å²) in [5.74, 6) is 0.939. The maximum absolute atomic E-state index is 9.30. The van der Waals surface area contributed by atoms with Gasteiger partial charge in [-0.25, -0.2) is 0 Å². The van der Waals surface area contributed by atoms with Crippen LogP contribution in [-0.4, -0.2) is 29.9 Å². The van der Waals surface area contributed by atoms with Crippen LogP contribution in [0.1, 0.15) is 45.6 Å². The molecule has 2 N–H and O–H groups in total. The zero-order chi connectivity index (χ0) is 15.2. The van der Waals surface area contributed by atoms with Crippen molar-refractivity contribution in [3.05, 3.63) is 29.8 Å². The van der Waals surface area contributed by atoms with Crippen LogP contribution in [0.25, 0.3) is 0 Å². The zero-order valence-electron chi connectivity index (χ0n) is 13.5.